The highest BCUT2D eigenvalue weighted by Crippen LogP contribution is 2.21. The number of Topliss-reactive ketones (excluding diaryl/α,β-unsaturated/α-hetero) is 1. The molecule has 0 saturated heterocycles. The molecular formula is C14H12BrN3O. The smallest absolute Gasteiger partial charge is 0.221 e. The first-order valence-electron chi connectivity index (χ1n) is 5.62. The normalized spacial score (nSPS) is 11.4. The zero-order valence-electron chi connectivity index (χ0n) is 10.6. The van der Waals surface area contributed by atoms with Gasteiger partial charge in [-0.2, -0.15) is 5.26 Å². The maximum absolute atomic E-state index is 12.2. The van der Waals surface area contributed by atoms with Crippen LogP contribution in [-0.2, 0) is 0 Å². The first-order valence-corrected chi connectivity index (χ1v) is 6.42. The Kier molecular flexibility index (Phi) is 3.72. The number of nitrogens with one attached hydrogen (secondary N) is 1. The molecule has 19 heavy (non-hydrogen) atoms. The number of hydrogen-bond acceptors (Lipinski definition) is 3. The van der Waals surface area contributed by atoms with E-state index in [-0.39, 0.29) is 11.4 Å². The quantitative estimate of drug-likeness (QED) is 0.537. The van der Waals surface area contributed by atoms with Gasteiger partial charge in [-0.15, -0.1) is 0 Å². The van der Waals surface area contributed by atoms with Gasteiger partial charge in [0.1, 0.15) is 11.6 Å². The lowest BCUT2D eigenvalue weighted by atomic mass is 10.1. The Balaban J connectivity index is 2.44. The number of nitrogens with zero attached hydrogens (tertiary/aromatic N) is 2. The van der Waals surface area contributed by atoms with Crippen molar-refractivity contribution in [3.05, 3.63) is 46.2 Å². The maximum atomic E-state index is 12.2. The molecule has 0 bridgehead atoms. The van der Waals surface area contributed by atoms with Gasteiger partial charge in [0.05, 0.1) is 5.69 Å². The van der Waals surface area contributed by atoms with E-state index in [4.69, 9.17) is 5.26 Å². The lowest BCUT2D eigenvalue weighted by molar-refractivity contribution is 0.103. The van der Waals surface area contributed by atoms with Gasteiger partial charge in [-0.05, 0) is 18.2 Å². The van der Waals surface area contributed by atoms with Gasteiger partial charge >= 0.3 is 0 Å². The van der Waals surface area contributed by atoms with E-state index < -0.39 is 0 Å². The zero-order chi connectivity index (χ0) is 14.0. The summed E-state index contributed by atoms with van der Waals surface area (Å²) in [5.74, 6) is -0.302. The van der Waals surface area contributed by atoms with Crippen molar-refractivity contribution in [2.45, 2.75) is 0 Å². The fourth-order valence-electron chi connectivity index (χ4n) is 1.76. The predicted octanol–water partition coefficient (Wildman–Crippen LogP) is 3.08. The molecule has 4 nitrogen and oxygen atoms in total. The number of nitriles is 1. The Morgan fingerprint density at radius 2 is 2.16 bits per heavy atom. The number of ketones is 1. The number of benzene rings is 1. The molecule has 96 valence electrons. The van der Waals surface area contributed by atoms with Crippen LogP contribution in [0.25, 0.3) is 10.9 Å². The number of H-pyrrole nitrogens is 1. The van der Waals surface area contributed by atoms with Crippen molar-refractivity contribution < 1.29 is 4.79 Å². The zero-order valence-corrected chi connectivity index (χ0v) is 12.2. The number of hydrogen-bond donors (Lipinski definition) is 1. The summed E-state index contributed by atoms with van der Waals surface area (Å²) >= 11 is 3.38. The number of carbonyl (C=O) groups excluding carboxylic acids is 1. The summed E-state index contributed by atoms with van der Waals surface area (Å²) in [6.45, 7) is 0. The minimum atomic E-state index is -0.302. The average molecular weight is 318 g/mol. The Labute approximate surface area is 119 Å². The summed E-state index contributed by atoms with van der Waals surface area (Å²) in [6.07, 6.45) is 1.52. The molecule has 2 rings (SSSR count). The van der Waals surface area contributed by atoms with Crippen LogP contribution in [0, 0.1) is 11.3 Å². The van der Waals surface area contributed by atoms with Crippen molar-refractivity contribution in [1.29, 1.82) is 5.26 Å². The summed E-state index contributed by atoms with van der Waals surface area (Å²) in [5, 5.41) is 9.98. The molecule has 0 aliphatic heterocycles. The number of carbonyl (C=O) groups is 1. The van der Waals surface area contributed by atoms with Gasteiger partial charge in [0.15, 0.2) is 0 Å². The molecule has 2 aromatic rings. The molecular weight excluding hydrogens is 306 g/mol. The van der Waals surface area contributed by atoms with Gasteiger partial charge in [-0.3, -0.25) is 4.79 Å². The highest BCUT2D eigenvalue weighted by atomic mass is 79.9. The van der Waals surface area contributed by atoms with Crippen LogP contribution in [0.15, 0.2) is 40.5 Å². The molecule has 0 atom stereocenters. The predicted molar refractivity (Wildman–Crippen MR) is 77.7 cm³/mol. The van der Waals surface area contributed by atoms with Gasteiger partial charge in [-0.25, -0.2) is 0 Å². The molecule has 0 radical (unpaired) electrons. The Morgan fingerprint density at radius 1 is 1.42 bits per heavy atom. The number of allylic oxidation sites excluding steroid dienone is 1. The number of aromatic amines is 1. The van der Waals surface area contributed by atoms with Crippen molar-refractivity contribution in [1.82, 2.24) is 9.88 Å². The van der Waals surface area contributed by atoms with Crippen LogP contribution in [-0.4, -0.2) is 29.8 Å². The monoisotopic (exact) mass is 317 g/mol. The third-order valence-corrected chi connectivity index (χ3v) is 3.07. The van der Waals surface area contributed by atoms with Crippen LogP contribution >= 0.6 is 15.9 Å². The third-order valence-electron chi connectivity index (χ3n) is 2.58. The van der Waals surface area contributed by atoms with E-state index in [1.807, 2.05) is 24.3 Å². The Bertz CT molecular complexity index is 707. The van der Waals surface area contributed by atoms with Crippen LogP contribution in [0.4, 0.5) is 0 Å². The summed E-state index contributed by atoms with van der Waals surface area (Å²) < 4.78 is 0.935. The Morgan fingerprint density at radius 3 is 2.79 bits per heavy atom. The van der Waals surface area contributed by atoms with Crippen LogP contribution in [0.3, 0.4) is 0 Å². The number of rotatable bonds is 3. The second kappa shape index (κ2) is 5.29. The molecule has 0 amide bonds. The molecule has 0 saturated carbocycles. The van der Waals surface area contributed by atoms with Crippen LogP contribution in [0.2, 0.25) is 0 Å². The minimum absolute atomic E-state index is 0.107. The van der Waals surface area contributed by atoms with Gasteiger partial charge in [-0.1, -0.05) is 22.0 Å². The molecule has 5 heteroatoms. The molecule has 1 aromatic heterocycles. The van der Waals surface area contributed by atoms with E-state index in [9.17, 15) is 4.79 Å². The number of fused-ring (bicyclic) bond motifs is 1. The number of aromatic nitrogens is 1. The van der Waals surface area contributed by atoms with Crippen molar-refractivity contribution in [2.75, 3.05) is 14.1 Å². The molecule has 1 heterocycles. The van der Waals surface area contributed by atoms with Crippen LogP contribution in [0.1, 0.15) is 10.5 Å². The van der Waals surface area contributed by atoms with Gasteiger partial charge in [0.2, 0.25) is 5.78 Å². The largest absolute Gasteiger partial charge is 0.382 e. The highest BCUT2D eigenvalue weighted by Gasteiger charge is 2.15. The van der Waals surface area contributed by atoms with Gasteiger partial charge in [0, 0.05) is 35.7 Å². The fourth-order valence-corrected chi connectivity index (χ4v) is 2.12. The van der Waals surface area contributed by atoms with E-state index >= 15 is 0 Å². The molecule has 0 spiro atoms. The van der Waals surface area contributed by atoms with Gasteiger partial charge < -0.3 is 9.88 Å². The molecule has 1 aromatic carbocycles. The summed E-state index contributed by atoms with van der Waals surface area (Å²) in [6, 6.07) is 9.40. The number of halogens is 1. The summed E-state index contributed by atoms with van der Waals surface area (Å²) in [7, 11) is 3.54. The summed E-state index contributed by atoms with van der Waals surface area (Å²) in [4.78, 5) is 16.9. The van der Waals surface area contributed by atoms with Crippen molar-refractivity contribution >= 4 is 32.6 Å². The van der Waals surface area contributed by atoms with E-state index in [2.05, 4.69) is 20.9 Å². The topological polar surface area (TPSA) is 59.9 Å². The second-order valence-corrected chi connectivity index (χ2v) is 5.28. The first kappa shape index (κ1) is 13.4. The molecule has 0 aliphatic rings. The van der Waals surface area contributed by atoms with Crippen LogP contribution < -0.4 is 0 Å². The minimum Gasteiger partial charge on any atom is -0.382 e. The van der Waals surface area contributed by atoms with Gasteiger partial charge in [0.25, 0.3) is 0 Å². The lowest BCUT2D eigenvalue weighted by Gasteiger charge is -2.04. The van der Waals surface area contributed by atoms with Crippen molar-refractivity contribution in [3.8, 4) is 6.07 Å². The Hall–Kier alpha value is -2.06. The van der Waals surface area contributed by atoms with E-state index in [0.717, 1.165) is 15.4 Å². The standard InChI is InChI=1S/C14H12BrN3O/c1-18(2)8-10(7-16)14(19)13-5-9-3-4-11(15)6-12(9)17-13/h3-6,8,17H,1-2H3/b10-8+. The van der Waals surface area contributed by atoms with Crippen molar-refractivity contribution in [3.63, 3.8) is 0 Å². The second-order valence-electron chi connectivity index (χ2n) is 4.36. The highest BCUT2D eigenvalue weighted by molar-refractivity contribution is 9.10. The molecule has 0 aliphatic carbocycles. The molecule has 0 unspecified atom stereocenters. The third kappa shape index (κ3) is 2.85. The average Bonchev–Trinajstić information content (AvgIpc) is 2.77. The first-order chi connectivity index (χ1) is 9.01. The summed E-state index contributed by atoms with van der Waals surface area (Å²) in [5.41, 5.74) is 1.39. The van der Waals surface area contributed by atoms with E-state index in [1.165, 1.54) is 6.20 Å². The van der Waals surface area contributed by atoms with E-state index in [1.54, 1.807) is 25.1 Å². The SMILES string of the molecule is CN(C)/C=C(\C#N)C(=O)c1cc2ccc(Br)cc2[nH]1. The van der Waals surface area contributed by atoms with Crippen LogP contribution in [0.5, 0.6) is 0 Å². The molecule has 1 N–H and O–H groups in total. The lowest BCUT2D eigenvalue weighted by Crippen LogP contribution is -2.09. The van der Waals surface area contributed by atoms with E-state index in [0.29, 0.717) is 5.69 Å². The van der Waals surface area contributed by atoms with Crippen molar-refractivity contribution in [2.24, 2.45) is 0 Å². The fraction of sp³-hybridized carbons (Fsp3) is 0.143. The molecule has 0 fully saturated rings. The maximum Gasteiger partial charge on any atom is 0.221 e.